The Morgan fingerprint density at radius 2 is 2.18 bits per heavy atom. The molecule has 0 spiro atoms. The average Bonchev–Trinajstić information content (AvgIpc) is 2.68. The minimum absolute atomic E-state index is 0.0839. The summed E-state index contributed by atoms with van der Waals surface area (Å²) in [6.45, 7) is 3.48. The molecule has 1 fully saturated rings. The van der Waals surface area contributed by atoms with Gasteiger partial charge in [0.25, 0.3) is 5.56 Å². The number of hydrogen-bond acceptors (Lipinski definition) is 5. The van der Waals surface area contributed by atoms with Crippen molar-refractivity contribution in [1.82, 2.24) is 14.5 Å². The van der Waals surface area contributed by atoms with Gasteiger partial charge in [-0.3, -0.25) is 19.0 Å². The maximum atomic E-state index is 12.8. The van der Waals surface area contributed by atoms with Gasteiger partial charge in [-0.15, -0.1) is 0 Å². The number of aromatic nitrogens is 2. The topological polar surface area (TPSA) is 98.3 Å². The van der Waals surface area contributed by atoms with E-state index < -0.39 is 0 Å². The Balaban J connectivity index is 1.81. The number of carbonyl (C=O) groups excluding carboxylic acids is 2. The number of carbonyl (C=O) groups is 2. The molecule has 7 nitrogen and oxygen atoms in total. The second-order valence-corrected chi connectivity index (χ2v) is 8.26. The first kappa shape index (κ1) is 20.7. The summed E-state index contributed by atoms with van der Waals surface area (Å²) in [5.74, 6) is -0.593. The second kappa shape index (κ2) is 8.96. The molecule has 3 rings (SSSR count). The molecule has 2 N–H and O–H groups in total. The highest BCUT2D eigenvalue weighted by atomic mass is 35.5. The number of fused-ring (bicyclic) bond motifs is 1. The van der Waals surface area contributed by atoms with Gasteiger partial charge in [-0.25, -0.2) is 4.98 Å². The molecule has 2 heterocycles. The molecule has 0 bridgehead atoms. The SMILES string of the molecule is CCCn1c(SCC(=O)N2CCC[C@H](C(N)=O)C2)nc2cc(Cl)ccc2c1=O. The van der Waals surface area contributed by atoms with Crippen LogP contribution >= 0.6 is 23.4 Å². The lowest BCUT2D eigenvalue weighted by Crippen LogP contribution is -2.44. The molecule has 9 heteroatoms. The van der Waals surface area contributed by atoms with Crippen LogP contribution in [0.4, 0.5) is 0 Å². The molecule has 1 atom stereocenters. The van der Waals surface area contributed by atoms with Crippen LogP contribution in [-0.4, -0.2) is 45.1 Å². The van der Waals surface area contributed by atoms with Crippen LogP contribution in [0.1, 0.15) is 26.2 Å². The van der Waals surface area contributed by atoms with Crippen molar-refractivity contribution in [1.29, 1.82) is 0 Å². The van der Waals surface area contributed by atoms with Crippen molar-refractivity contribution < 1.29 is 9.59 Å². The Morgan fingerprint density at radius 1 is 1.39 bits per heavy atom. The molecule has 150 valence electrons. The summed E-state index contributed by atoms with van der Waals surface area (Å²) >= 11 is 7.27. The van der Waals surface area contributed by atoms with Gasteiger partial charge in [0.15, 0.2) is 5.16 Å². The van der Waals surface area contributed by atoms with Gasteiger partial charge in [-0.2, -0.15) is 0 Å². The number of thioether (sulfide) groups is 1. The Labute approximate surface area is 172 Å². The standard InChI is InChI=1S/C19H23ClN4O3S/c1-2-7-24-18(27)14-6-5-13(20)9-15(14)22-19(24)28-11-16(25)23-8-3-4-12(10-23)17(21)26/h5-6,9,12H,2-4,7-8,10-11H2,1H3,(H2,21,26)/t12-/m0/s1. The van der Waals surface area contributed by atoms with Gasteiger partial charge in [0, 0.05) is 24.7 Å². The average molecular weight is 423 g/mol. The number of nitrogens with zero attached hydrogens (tertiary/aromatic N) is 3. The molecule has 0 aliphatic carbocycles. The normalized spacial score (nSPS) is 17.1. The van der Waals surface area contributed by atoms with Crippen LogP contribution in [0.2, 0.25) is 5.02 Å². The number of piperidine rings is 1. The van der Waals surface area contributed by atoms with Crippen LogP contribution in [-0.2, 0) is 16.1 Å². The van der Waals surface area contributed by atoms with Crippen molar-refractivity contribution >= 4 is 46.1 Å². The molecular weight excluding hydrogens is 400 g/mol. The predicted molar refractivity (Wildman–Crippen MR) is 111 cm³/mol. The molecular formula is C19H23ClN4O3S. The van der Waals surface area contributed by atoms with Crippen molar-refractivity contribution in [3.8, 4) is 0 Å². The van der Waals surface area contributed by atoms with Gasteiger partial charge in [0.2, 0.25) is 11.8 Å². The summed E-state index contributed by atoms with van der Waals surface area (Å²) in [5.41, 5.74) is 5.77. The largest absolute Gasteiger partial charge is 0.369 e. The van der Waals surface area contributed by atoms with Gasteiger partial charge >= 0.3 is 0 Å². The maximum absolute atomic E-state index is 12.8. The van der Waals surface area contributed by atoms with Gasteiger partial charge in [0.05, 0.1) is 22.6 Å². The fraction of sp³-hybridized carbons (Fsp3) is 0.474. The van der Waals surface area contributed by atoms with E-state index in [0.717, 1.165) is 19.3 Å². The molecule has 28 heavy (non-hydrogen) atoms. The third-order valence-electron chi connectivity index (χ3n) is 4.83. The van der Waals surface area contributed by atoms with Crippen LogP contribution < -0.4 is 11.3 Å². The molecule has 2 aromatic rings. The molecule has 1 aliphatic rings. The van der Waals surface area contributed by atoms with Gasteiger partial charge in [-0.1, -0.05) is 30.3 Å². The number of benzene rings is 1. The van der Waals surface area contributed by atoms with E-state index in [9.17, 15) is 14.4 Å². The Bertz CT molecular complexity index is 962. The van der Waals surface area contributed by atoms with E-state index in [1.807, 2.05) is 6.92 Å². The number of primary amides is 1. The van der Waals surface area contributed by atoms with Crippen molar-refractivity contribution in [2.75, 3.05) is 18.8 Å². The van der Waals surface area contributed by atoms with E-state index in [4.69, 9.17) is 17.3 Å². The smallest absolute Gasteiger partial charge is 0.262 e. The summed E-state index contributed by atoms with van der Waals surface area (Å²) < 4.78 is 1.61. The minimum Gasteiger partial charge on any atom is -0.369 e. The first-order valence-electron chi connectivity index (χ1n) is 9.30. The molecule has 1 aromatic carbocycles. The summed E-state index contributed by atoms with van der Waals surface area (Å²) in [5, 5.41) is 1.51. The van der Waals surface area contributed by atoms with Gasteiger partial charge < -0.3 is 10.6 Å². The van der Waals surface area contributed by atoms with E-state index in [2.05, 4.69) is 4.98 Å². The first-order chi connectivity index (χ1) is 13.4. The number of amides is 2. The Morgan fingerprint density at radius 3 is 2.89 bits per heavy atom. The van der Waals surface area contributed by atoms with Crippen molar-refractivity contribution in [3.05, 3.63) is 33.6 Å². The van der Waals surface area contributed by atoms with Crippen LogP contribution in [0, 0.1) is 5.92 Å². The lowest BCUT2D eigenvalue weighted by molar-refractivity contribution is -0.132. The highest BCUT2D eigenvalue weighted by molar-refractivity contribution is 7.99. The highest BCUT2D eigenvalue weighted by Crippen LogP contribution is 2.22. The summed E-state index contributed by atoms with van der Waals surface area (Å²) in [6, 6.07) is 5.00. The molecule has 0 unspecified atom stereocenters. The maximum Gasteiger partial charge on any atom is 0.262 e. The monoisotopic (exact) mass is 422 g/mol. The number of nitrogens with two attached hydrogens (primary N) is 1. The molecule has 2 amide bonds. The number of hydrogen-bond donors (Lipinski definition) is 1. The van der Waals surface area contributed by atoms with E-state index >= 15 is 0 Å². The van der Waals surface area contributed by atoms with Crippen molar-refractivity contribution in [3.63, 3.8) is 0 Å². The van der Waals surface area contributed by atoms with E-state index in [0.29, 0.717) is 40.7 Å². The Kier molecular flexibility index (Phi) is 6.61. The number of likely N-dealkylation sites (tertiary alicyclic amines) is 1. The van der Waals surface area contributed by atoms with Crippen molar-refractivity contribution in [2.24, 2.45) is 11.7 Å². The van der Waals surface area contributed by atoms with E-state index in [1.54, 1.807) is 27.7 Å². The summed E-state index contributed by atoms with van der Waals surface area (Å²) in [4.78, 5) is 43.1. The first-order valence-corrected chi connectivity index (χ1v) is 10.7. The number of rotatable bonds is 6. The van der Waals surface area contributed by atoms with Crippen LogP contribution in [0.3, 0.4) is 0 Å². The second-order valence-electron chi connectivity index (χ2n) is 6.88. The molecule has 1 saturated heterocycles. The quantitative estimate of drug-likeness (QED) is 0.568. The lowest BCUT2D eigenvalue weighted by Gasteiger charge is -2.31. The highest BCUT2D eigenvalue weighted by Gasteiger charge is 2.27. The van der Waals surface area contributed by atoms with Gasteiger partial charge in [-0.05, 0) is 37.5 Å². The molecule has 1 aromatic heterocycles. The molecule has 0 radical (unpaired) electrons. The van der Waals surface area contributed by atoms with Crippen LogP contribution in [0.25, 0.3) is 10.9 Å². The van der Waals surface area contributed by atoms with Crippen molar-refractivity contribution in [2.45, 2.75) is 37.9 Å². The third kappa shape index (κ3) is 4.50. The van der Waals surface area contributed by atoms with E-state index in [-0.39, 0.29) is 29.0 Å². The number of halogens is 1. The lowest BCUT2D eigenvalue weighted by atomic mass is 9.97. The third-order valence-corrected chi connectivity index (χ3v) is 6.03. The summed E-state index contributed by atoms with van der Waals surface area (Å²) in [7, 11) is 0. The van der Waals surface area contributed by atoms with Gasteiger partial charge in [0.1, 0.15) is 0 Å². The fourth-order valence-electron chi connectivity index (χ4n) is 3.36. The van der Waals surface area contributed by atoms with Crippen LogP contribution in [0.5, 0.6) is 0 Å². The van der Waals surface area contributed by atoms with Crippen LogP contribution in [0.15, 0.2) is 28.2 Å². The zero-order valence-electron chi connectivity index (χ0n) is 15.7. The predicted octanol–water partition coefficient (Wildman–Crippen LogP) is 2.28. The summed E-state index contributed by atoms with van der Waals surface area (Å²) in [6.07, 6.45) is 2.25. The minimum atomic E-state index is -0.366. The zero-order valence-corrected chi connectivity index (χ0v) is 17.3. The zero-order chi connectivity index (χ0) is 20.3. The van der Waals surface area contributed by atoms with E-state index in [1.165, 1.54) is 11.8 Å². The Hall–Kier alpha value is -2.06. The molecule has 0 saturated carbocycles. The fourth-order valence-corrected chi connectivity index (χ4v) is 4.45. The molecule has 1 aliphatic heterocycles.